The molecule has 1 unspecified atom stereocenters. The van der Waals surface area contributed by atoms with E-state index in [-0.39, 0.29) is 0 Å². The average molecular weight is 300 g/mol. The standard InChI is InChI=1S/C16H16N2O2S/c1-21(19,20)15-10-6-5-9-14(15)16(11-17-18-12-16)13-7-3-2-4-8-13/h2-11,18H,12H2,1H3. The molecule has 0 spiro atoms. The van der Waals surface area contributed by atoms with E-state index in [2.05, 4.69) is 10.5 Å². The number of nitrogens with one attached hydrogen (secondary N) is 1. The molecule has 5 heteroatoms. The minimum Gasteiger partial charge on any atom is -0.309 e. The van der Waals surface area contributed by atoms with Gasteiger partial charge in [-0.15, -0.1) is 0 Å². The predicted octanol–water partition coefficient (Wildman–Crippen LogP) is 1.97. The third-order valence-electron chi connectivity index (χ3n) is 3.79. The van der Waals surface area contributed by atoms with Gasteiger partial charge in [0.05, 0.1) is 16.9 Å². The second-order valence-electron chi connectivity index (χ2n) is 5.20. The Bertz CT molecular complexity index is 785. The topological polar surface area (TPSA) is 58.5 Å². The fourth-order valence-corrected chi connectivity index (χ4v) is 3.74. The molecule has 4 nitrogen and oxygen atoms in total. The Morgan fingerprint density at radius 2 is 1.71 bits per heavy atom. The summed E-state index contributed by atoms with van der Waals surface area (Å²) in [6.07, 6.45) is 3.04. The molecular weight excluding hydrogens is 284 g/mol. The van der Waals surface area contributed by atoms with Crippen molar-refractivity contribution in [1.82, 2.24) is 5.43 Å². The van der Waals surface area contributed by atoms with Gasteiger partial charge in [-0.25, -0.2) is 8.42 Å². The largest absolute Gasteiger partial charge is 0.309 e. The SMILES string of the molecule is CS(=O)(=O)c1ccccc1C1(c2ccccc2)C=NNC1. The Kier molecular flexibility index (Phi) is 3.29. The summed E-state index contributed by atoms with van der Waals surface area (Å²) in [5.74, 6) is 0. The van der Waals surface area contributed by atoms with Crippen LogP contribution in [-0.2, 0) is 15.3 Å². The summed E-state index contributed by atoms with van der Waals surface area (Å²) < 4.78 is 24.2. The zero-order valence-corrected chi connectivity index (χ0v) is 12.5. The van der Waals surface area contributed by atoms with Gasteiger partial charge >= 0.3 is 0 Å². The second kappa shape index (κ2) is 5.00. The number of benzene rings is 2. The highest BCUT2D eigenvalue weighted by Crippen LogP contribution is 2.36. The first-order valence-electron chi connectivity index (χ1n) is 6.66. The minimum atomic E-state index is -3.31. The molecule has 0 aromatic heterocycles. The molecule has 1 atom stereocenters. The van der Waals surface area contributed by atoms with E-state index in [1.807, 2.05) is 42.5 Å². The molecular formula is C16H16N2O2S. The van der Waals surface area contributed by atoms with Crippen LogP contribution in [0.1, 0.15) is 11.1 Å². The van der Waals surface area contributed by atoms with Crippen molar-refractivity contribution in [3.05, 3.63) is 65.7 Å². The molecule has 1 N–H and O–H groups in total. The normalized spacial score (nSPS) is 21.2. The summed E-state index contributed by atoms with van der Waals surface area (Å²) in [5.41, 5.74) is 4.19. The fourth-order valence-electron chi connectivity index (χ4n) is 2.76. The van der Waals surface area contributed by atoms with E-state index in [1.165, 1.54) is 6.26 Å². The lowest BCUT2D eigenvalue weighted by atomic mass is 9.76. The van der Waals surface area contributed by atoms with Gasteiger partial charge in [0, 0.05) is 12.5 Å². The van der Waals surface area contributed by atoms with Crippen LogP contribution in [0.2, 0.25) is 0 Å². The molecule has 1 heterocycles. The van der Waals surface area contributed by atoms with E-state index < -0.39 is 15.3 Å². The lowest BCUT2D eigenvalue weighted by molar-refractivity contribution is 0.594. The molecule has 21 heavy (non-hydrogen) atoms. The van der Waals surface area contributed by atoms with Crippen molar-refractivity contribution in [1.29, 1.82) is 0 Å². The zero-order chi connectivity index (χ0) is 14.9. The van der Waals surface area contributed by atoms with Gasteiger partial charge in [0.25, 0.3) is 0 Å². The Labute approximate surface area is 124 Å². The Morgan fingerprint density at radius 3 is 2.33 bits per heavy atom. The van der Waals surface area contributed by atoms with Crippen molar-refractivity contribution >= 4 is 16.1 Å². The summed E-state index contributed by atoms with van der Waals surface area (Å²) in [6, 6.07) is 17.0. The minimum absolute atomic E-state index is 0.351. The maximum absolute atomic E-state index is 12.1. The van der Waals surface area contributed by atoms with Crippen molar-refractivity contribution < 1.29 is 8.42 Å². The quantitative estimate of drug-likeness (QED) is 0.943. The maximum atomic E-state index is 12.1. The van der Waals surface area contributed by atoms with Crippen molar-refractivity contribution in [2.24, 2.45) is 5.10 Å². The van der Waals surface area contributed by atoms with Crippen molar-refractivity contribution in [2.45, 2.75) is 10.3 Å². The number of sulfone groups is 1. The molecule has 3 rings (SSSR count). The molecule has 0 amide bonds. The molecule has 0 fully saturated rings. The van der Waals surface area contributed by atoms with Gasteiger partial charge in [-0.3, -0.25) is 0 Å². The summed E-state index contributed by atoms with van der Waals surface area (Å²) in [7, 11) is -3.31. The van der Waals surface area contributed by atoms with E-state index in [4.69, 9.17) is 0 Å². The van der Waals surface area contributed by atoms with Crippen LogP contribution in [0.25, 0.3) is 0 Å². The molecule has 0 saturated heterocycles. The molecule has 0 aliphatic carbocycles. The number of hydrogen-bond donors (Lipinski definition) is 1. The highest BCUT2D eigenvalue weighted by Gasteiger charge is 2.38. The van der Waals surface area contributed by atoms with Crippen LogP contribution in [-0.4, -0.2) is 27.4 Å². The second-order valence-corrected chi connectivity index (χ2v) is 7.18. The molecule has 0 saturated carbocycles. The third-order valence-corrected chi connectivity index (χ3v) is 4.95. The first kappa shape index (κ1) is 13.8. The number of nitrogens with zero attached hydrogens (tertiary/aromatic N) is 1. The molecule has 1 aliphatic rings. The average Bonchev–Trinajstić information content (AvgIpc) is 2.98. The van der Waals surface area contributed by atoms with Crippen LogP contribution in [0.15, 0.2) is 64.6 Å². The van der Waals surface area contributed by atoms with Crippen LogP contribution in [0.4, 0.5) is 0 Å². The summed E-state index contributed by atoms with van der Waals surface area (Å²) in [6.45, 7) is 0.545. The Morgan fingerprint density at radius 1 is 1.05 bits per heavy atom. The van der Waals surface area contributed by atoms with Gasteiger partial charge in [0.15, 0.2) is 9.84 Å². The van der Waals surface area contributed by atoms with Gasteiger partial charge in [-0.05, 0) is 17.2 Å². The number of rotatable bonds is 3. The van der Waals surface area contributed by atoms with E-state index in [0.29, 0.717) is 11.4 Å². The summed E-state index contributed by atoms with van der Waals surface area (Å²) in [4.78, 5) is 0.351. The van der Waals surface area contributed by atoms with Crippen LogP contribution >= 0.6 is 0 Å². The Balaban J connectivity index is 2.28. The van der Waals surface area contributed by atoms with E-state index >= 15 is 0 Å². The molecule has 108 valence electrons. The molecule has 1 aliphatic heterocycles. The molecule has 2 aromatic rings. The van der Waals surface area contributed by atoms with Gasteiger partial charge in [0.2, 0.25) is 0 Å². The monoisotopic (exact) mass is 300 g/mol. The number of hydrazone groups is 1. The van der Waals surface area contributed by atoms with E-state index in [0.717, 1.165) is 11.1 Å². The van der Waals surface area contributed by atoms with Crippen LogP contribution < -0.4 is 5.43 Å². The third kappa shape index (κ3) is 2.34. The summed E-state index contributed by atoms with van der Waals surface area (Å²) in [5, 5.41) is 4.14. The lowest BCUT2D eigenvalue weighted by Crippen LogP contribution is -2.35. The van der Waals surface area contributed by atoms with Crippen LogP contribution in [0, 0.1) is 0 Å². The number of hydrogen-bond acceptors (Lipinski definition) is 4. The molecule has 0 radical (unpaired) electrons. The predicted molar refractivity (Wildman–Crippen MR) is 83.3 cm³/mol. The fraction of sp³-hybridized carbons (Fsp3) is 0.188. The maximum Gasteiger partial charge on any atom is 0.175 e. The van der Waals surface area contributed by atoms with Crippen molar-refractivity contribution in [3.63, 3.8) is 0 Å². The van der Waals surface area contributed by atoms with E-state index in [1.54, 1.807) is 18.3 Å². The van der Waals surface area contributed by atoms with Gasteiger partial charge < -0.3 is 5.43 Å². The van der Waals surface area contributed by atoms with Gasteiger partial charge in [-0.2, -0.15) is 5.10 Å². The van der Waals surface area contributed by atoms with E-state index in [9.17, 15) is 8.42 Å². The molecule has 0 bridgehead atoms. The summed E-state index contributed by atoms with van der Waals surface area (Å²) >= 11 is 0. The van der Waals surface area contributed by atoms with Crippen molar-refractivity contribution in [2.75, 3.05) is 12.8 Å². The van der Waals surface area contributed by atoms with Gasteiger partial charge in [0.1, 0.15) is 0 Å². The molecule has 2 aromatic carbocycles. The van der Waals surface area contributed by atoms with Crippen LogP contribution in [0.3, 0.4) is 0 Å². The highest BCUT2D eigenvalue weighted by atomic mass is 32.2. The Hall–Kier alpha value is -2.14. The first-order chi connectivity index (χ1) is 10.0. The first-order valence-corrected chi connectivity index (χ1v) is 8.55. The van der Waals surface area contributed by atoms with Gasteiger partial charge in [-0.1, -0.05) is 48.5 Å². The smallest absolute Gasteiger partial charge is 0.175 e. The highest BCUT2D eigenvalue weighted by molar-refractivity contribution is 7.90. The van der Waals surface area contributed by atoms with Crippen molar-refractivity contribution in [3.8, 4) is 0 Å². The van der Waals surface area contributed by atoms with Crippen LogP contribution in [0.5, 0.6) is 0 Å². The zero-order valence-electron chi connectivity index (χ0n) is 11.7. The lowest BCUT2D eigenvalue weighted by Gasteiger charge is -2.28.